The van der Waals surface area contributed by atoms with Gasteiger partial charge in [-0.05, 0) is 98.9 Å². The Kier molecular flexibility index (Phi) is 6.04. The lowest BCUT2D eigenvalue weighted by atomic mass is 10.1. The molecule has 6 heteroatoms. The number of aromatic nitrogens is 1. The van der Waals surface area contributed by atoms with Crippen molar-refractivity contribution in [3.63, 3.8) is 0 Å². The molecule has 0 radical (unpaired) electrons. The van der Waals surface area contributed by atoms with Crippen molar-refractivity contribution in [3.8, 4) is 5.69 Å². The Labute approximate surface area is 199 Å². The average molecular weight is 458 g/mol. The van der Waals surface area contributed by atoms with Crippen LogP contribution in [0, 0.1) is 27.7 Å². The van der Waals surface area contributed by atoms with E-state index in [1.54, 1.807) is 6.08 Å². The molecule has 1 fully saturated rings. The summed E-state index contributed by atoms with van der Waals surface area (Å²) in [6, 6.07) is 16.0. The summed E-state index contributed by atoms with van der Waals surface area (Å²) >= 11 is 5.34. The minimum absolute atomic E-state index is 0.0610. The SMILES string of the molecule is CCc1ccccc1-n1c(C)cc(/C=C2\C(=O)NC(=S)N(c3ccc(C)c(C)c3)C2=O)c1C. The van der Waals surface area contributed by atoms with Crippen molar-refractivity contribution < 1.29 is 9.59 Å². The fourth-order valence-electron chi connectivity index (χ4n) is 4.24. The Morgan fingerprint density at radius 3 is 2.39 bits per heavy atom. The first-order valence-corrected chi connectivity index (χ1v) is 11.4. The minimum atomic E-state index is -0.483. The van der Waals surface area contributed by atoms with Crippen molar-refractivity contribution in [2.75, 3.05) is 4.90 Å². The molecule has 1 saturated heterocycles. The minimum Gasteiger partial charge on any atom is -0.318 e. The first kappa shape index (κ1) is 22.7. The molecule has 0 unspecified atom stereocenters. The van der Waals surface area contributed by atoms with Gasteiger partial charge in [0.25, 0.3) is 11.8 Å². The van der Waals surface area contributed by atoms with Gasteiger partial charge in [-0.15, -0.1) is 0 Å². The van der Waals surface area contributed by atoms with Gasteiger partial charge in [-0.2, -0.15) is 0 Å². The van der Waals surface area contributed by atoms with Crippen LogP contribution in [-0.2, 0) is 16.0 Å². The third-order valence-corrected chi connectivity index (χ3v) is 6.52. The van der Waals surface area contributed by atoms with Crippen molar-refractivity contribution in [1.29, 1.82) is 0 Å². The van der Waals surface area contributed by atoms with E-state index in [0.717, 1.165) is 40.2 Å². The van der Waals surface area contributed by atoms with Crippen LogP contribution >= 0.6 is 12.2 Å². The lowest BCUT2D eigenvalue weighted by Gasteiger charge is -2.29. The highest BCUT2D eigenvalue weighted by Crippen LogP contribution is 2.28. The largest absolute Gasteiger partial charge is 0.318 e. The van der Waals surface area contributed by atoms with Crippen LogP contribution in [0.25, 0.3) is 11.8 Å². The van der Waals surface area contributed by atoms with Crippen molar-refractivity contribution in [1.82, 2.24) is 9.88 Å². The van der Waals surface area contributed by atoms with E-state index in [0.29, 0.717) is 5.69 Å². The first-order valence-electron chi connectivity index (χ1n) is 11.0. The molecule has 0 spiro atoms. The molecule has 0 atom stereocenters. The molecule has 0 saturated carbocycles. The van der Waals surface area contributed by atoms with Crippen LogP contribution in [0.1, 0.15) is 40.6 Å². The number of hydrogen-bond donors (Lipinski definition) is 1. The van der Waals surface area contributed by atoms with Crippen LogP contribution < -0.4 is 10.2 Å². The third-order valence-electron chi connectivity index (χ3n) is 6.23. The van der Waals surface area contributed by atoms with Crippen molar-refractivity contribution in [2.24, 2.45) is 0 Å². The highest BCUT2D eigenvalue weighted by Gasteiger charge is 2.35. The van der Waals surface area contributed by atoms with Crippen molar-refractivity contribution in [3.05, 3.63) is 87.7 Å². The fraction of sp³-hybridized carbons (Fsp3) is 0.222. The molecule has 0 bridgehead atoms. The Bertz CT molecular complexity index is 1330. The summed E-state index contributed by atoms with van der Waals surface area (Å²) in [5.74, 6) is -0.908. The molecule has 2 amide bonds. The van der Waals surface area contributed by atoms with Crippen molar-refractivity contribution in [2.45, 2.75) is 41.0 Å². The standard InChI is InChI=1S/C27H27N3O2S/c1-6-20-9-7-8-10-24(20)29-18(4)14-21(19(29)5)15-23-25(31)28-27(33)30(26(23)32)22-12-11-16(2)17(3)13-22/h7-15H,6H2,1-5H3,(H,28,31,33)/b23-15+. The number of para-hydroxylation sites is 1. The summed E-state index contributed by atoms with van der Waals surface area (Å²) in [6.07, 6.45) is 2.58. The zero-order valence-corrected chi connectivity index (χ0v) is 20.3. The predicted molar refractivity (Wildman–Crippen MR) is 137 cm³/mol. The Hall–Kier alpha value is -3.51. The molecule has 4 rings (SSSR count). The molecule has 1 aromatic heterocycles. The number of benzene rings is 2. The van der Waals surface area contributed by atoms with Gasteiger partial charge in [0.05, 0.1) is 5.69 Å². The lowest BCUT2D eigenvalue weighted by Crippen LogP contribution is -2.54. The van der Waals surface area contributed by atoms with Gasteiger partial charge in [0.1, 0.15) is 5.57 Å². The van der Waals surface area contributed by atoms with Gasteiger partial charge < -0.3 is 4.57 Å². The zero-order valence-electron chi connectivity index (χ0n) is 19.5. The molecule has 2 aromatic carbocycles. The summed E-state index contributed by atoms with van der Waals surface area (Å²) in [5, 5.41) is 2.77. The van der Waals surface area contributed by atoms with Crippen LogP contribution in [0.5, 0.6) is 0 Å². The quantitative estimate of drug-likeness (QED) is 0.337. The van der Waals surface area contributed by atoms with Crippen LogP contribution in [-0.4, -0.2) is 21.5 Å². The Balaban J connectivity index is 1.78. The third kappa shape index (κ3) is 4.02. The molecule has 1 aliphatic heterocycles. The van der Waals surface area contributed by atoms with Crippen LogP contribution in [0.2, 0.25) is 0 Å². The molecular formula is C27H27N3O2S. The summed E-state index contributed by atoms with van der Waals surface area (Å²) in [5.41, 5.74) is 8.03. The maximum absolute atomic E-state index is 13.4. The van der Waals surface area contributed by atoms with E-state index < -0.39 is 11.8 Å². The number of thiocarbonyl (C=S) groups is 1. The number of nitrogens with zero attached hydrogens (tertiary/aromatic N) is 2. The number of amides is 2. The van der Waals surface area contributed by atoms with Crippen molar-refractivity contribution >= 4 is 40.9 Å². The van der Waals surface area contributed by atoms with E-state index in [1.165, 1.54) is 10.5 Å². The highest BCUT2D eigenvalue weighted by atomic mass is 32.1. The predicted octanol–water partition coefficient (Wildman–Crippen LogP) is 5.10. The molecule has 33 heavy (non-hydrogen) atoms. The second-order valence-corrected chi connectivity index (χ2v) is 8.76. The van der Waals surface area contributed by atoms with Gasteiger partial charge in [0.15, 0.2) is 5.11 Å². The zero-order chi connectivity index (χ0) is 23.9. The summed E-state index contributed by atoms with van der Waals surface area (Å²) in [4.78, 5) is 27.6. The first-order chi connectivity index (χ1) is 15.7. The topological polar surface area (TPSA) is 54.3 Å². The number of anilines is 1. The van der Waals surface area contributed by atoms with E-state index in [1.807, 2.05) is 64.1 Å². The highest BCUT2D eigenvalue weighted by molar-refractivity contribution is 7.80. The summed E-state index contributed by atoms with van der Waals surface area (Å²) in [6.45, 7) is 10.2. The van der Waals surface area contributed by atoms with E-state index in [9.17, 15) is 9.59 Å². The maximum atomic E-state index is 13.4. The smallest absolute Gasteiger partial charge is 0.270 e. The number of nitrogens with one attached hydrogen (secondary N) is 1. The van der Waals surface area contributed by atoms with E-state index in [2.05, 4.69) is 28.9 Å². The molecular weight excluding hydrogens is 430 g/mol. The lowest BCUT2D eigenvalue weighted by molar-refractivity contribution is -0.122. The number of hydrogen-bond acceptors (Lipinski definition) is 3. The summed E-state index contributed by atoms with van der Waals surface area (Å²) < 4.78 is 2.17. The maximum Gasteiger partial charge on any atom is 0.270 e. The van der Waals surface area contributed by atoms with Gasteiger partial charge in [-0.25, -0.2) is 0 Å². The van der Waals surface area contributed by atoms with Gasteiger partial charge in [0.2, 0.25) is 0 Å². The molecule has 0 aliphatic carbocycles. The van der Waals surface area contributed by atoms with Gasteiger partial charge in [-0.3, -0.25) is 19.8 Å². The Morgan fingerprint density at radius 2 is 1.70 bits per heavy atom. The molecule has 1 aliphatic rings. The molecule has 2 heterocycles. The number of rotatable bonds is 4. The van der Waals surface area contributed by atoms with Gasteiger partial charge in [-0.1, -0.05) is 31.2 Å². The molecule has 168 valence electrons. The van der Waals surface area contributed by atoms with Crippen LogP contribution in [0.4, 0.5) is 5.69 Å². The van der Waals surface area contributed by atoms with E-state index in [-0.39, 0.29) is 10.7 Å². The van der Waals surface area contributed by atoms with Gasteiger partial charge >= 0.3 is 0 Å². The number of carbonyl (C=O) groups excluding carboxylic acids is 2. The van der Waals surface area contributed by atoms with Crippen LogP contribution in [0.15, 0.2) is 54.1 Å². The average Bonchev–Trinajstić information content (AvgIpc) is 3.06. The summed E-state index contributed by atoms with van der Waals surface area (Å²) in [7, 11) is 0. The molecule has 3 aromatic rings. The number of carbonyl (C=O) groups is 2. The fourth-order valence-corrected chi connectivity index (χ4v) is 4.53. The van der Waals surface area contributed by atoms with Crippen LogP contribution in [0.3, 0.4) is 0 Å². The monoisotopic (exact) mass is 457 g/mol. The Morgan fingerprint density at radius 1 is 0.970 bits per heavy atom. The second-order valence-electron chi connectivity index (χ2n) is 8.37. The normalized spacial score (nSPS) is 15.4. The number of aryl methyl sites for hydroxylation is 4. The van der Waals surface area contributed by atoms with E-state index >= 15 is 0 Å². The second kappa shape index (κ2) is 8.79. The molecule has 5 nitrogen and oxygen atoms in total. The van der Waals surface area contributed by atoms with E-state index in [4.69, 9.17) is 12.2 Å². The van der Waals surface area contributed by atoms with Gasteiger partial charge in [0, 0.05) is 17.1 Å². The molecule has 1 N–H and O–H groups in total.